The minimum atomic E-state index is -0.451. The van der Waals surface area contributed by atoms with Gasteiger partial charge in [0.15, 0.2) is 11.5 Å². The second-order valence-corrected chi connectivity index (χ2v) is 8.49. The highest BCUT2D eigenvalue weighted by Crippen LogP contribution is 2.36. The molecule has 0 saturated heterocycles. The molecule has 1 amide bonds. The minimum Gasteiger partial charge on any atom is -0.486 e. The predicted molar refractivity (Wildman–Crippen MR) is 127 cm³/mol. The molecule has 0 spiro atoms. The number of ether oxygens (including phenoxy) is 2. The monoisotopic (exact) mass is 463 g/mol. The van der Waals surface area contributed by atoms with Crippen molar-refractivity contribution in [3.05, 3.63) is 58.4 Å². The number of carbonyl (C=O) groups is 1. The molecule has 3 aromatic heterocycles. The van der Waals surface area contributed by atoms with Crippen LogP contribution in [0.2, 0.25) is 0 Å². The molecule has 4 heterocycles. The maximum atomic E-state index is 12.7. The summed E-state index contributed by atoms with van der Waals surface area (Å²) in [4.78, 5) is 36.3. The molecule has 176 valence electrons. The van der Waals surface area contributed by atoms with Crippen molar-refractivity contribution in [2.45, 2.75) is 19.9 Å². The Hall–Kier alpha value is -4.28. The molecular formula is C23H25N7O4. The lowest BCUT2D eigenvalue weighted by Gasteiger charge is -2.26. The summed E-state index contributed by atoms with van der Waals surface area (Å²) in [7, 11) is 1.67. The van der Waals surface area contributed by atoms with Crippen molar-refractivity contribution in [1.29, 1.82) is 0 Å². The highest BCUT2D eigenvalue weighted by molar-refractivity contribution is 6.06. The number of fused-ring (bicyclic) bond motifs is 2. The summed E-state index contributed by atoms with van der Waals surface area (Å²) in [6.07, 6.45) is 2.95. The van der Waals surface area contributed by atoms with Gasteiger partial charge in [0.2, 0.25) is 0 Å². The first-order valence-electron chi connectivity index (χ1n) is 11.0. The zero-order valence-electron chi connectivity index (χ0n) is 19.0. The van der Waals surface area contributed by atoms with Crippen molar-refractivity contribution < 1.29 is 14.3 Å². The third-order valence-electron chi connectivity index (χ3n) is 5.65. The van der Waals surface area contributed by atoms with Crippen LogP contribution in [0.3, 0.4) is 0 Å². The first kappa shape index (κ1) is 21.6. The van der Waals surface area contributed by atoms with Crippen LogP contribution >= 0.6 is 0 Å². The van der Waals surface area contributed by atoms with Crippen LogP contribution in [-0.4, -0.2) is 43.9 Å². The van der Waals surface area contributed by atoms with Gasteiger partial charge in [-0.05, 0) is 29.7 Å². The molecular weight excluding hydrogens is 438 g/mol. The summed E-state index contributed by atoms with van der Waals surface area (Å²) in [6.45, 7) is 5.28. The maximum absolute atomic E-state index is 12.7. The molecule has 0 unspecified atom stereocenters. The topological polar surface area (TPSA) is 139 Å². The summed E-state index contributed by atoms with van der Waals surface area (Å²) in [6, 6.07) is 7.50. The molecule has 34 heavy (non-hydrogen) atoms. The molecule has 0 bridgehead atoms. The molecule has 1 aromatic carbocycles. The second-order valence-electron chi connectivity index (χ2n) is 8.49. The van der Waals surface area contributed by atoms with Crippen molar-refractivity contribution in [1.82, 2.24) is 24.7 Å². The molecule has 0 fully saturated rings. The van der Waals surface area contributed by atoms with E-state index in [0.717, 1.165) is 17.1 Å². The number of benzene rings is 1. The van der Waals surface area contributed by atoms with Gasteiger partial charge in [-0.15, -0.1) is 0 Å². The number of amides is 1. The van der Waals surface area contributed by atoms with Crippen LogP contribution in [-0.2, 0) is 7.05 Å². The zero-order chi connectivity index (χ0) is 23.8. The van der Waals surface area contributed by atoms with Gasteiger partial charge in [-0.3, -0.25) is 19.4 Å². The standard InChI is InChI=1S/C23H25N7O4/c1-12(2)19(13-4-5-17-18(8-13)34-7-6-33-17)28-21-14-9-15(26-20(14)24-11-25-21)22(31)27-16-10-30(3)29-23(16)32/h4-5,8-12,19H,6-7H2,1-3H3,(H,27,31)(H,29,32)(H2,24,25,26,28)/t19-/m1/s1. The fraction of sp³-hybridized carbons (Fsp3) is 0.304. The maximum Gasteiger partial charge on any atom is 0.287 e. The van der Waals surface area contributed by atoms with Crippen molar-refractivity contribution in [3.8, 4) is 11.5 Å². The Bertz CT molecular complexity index is 1420. The van der Waals surface area contributed by atoms with E-state index in [1.807, 2.05) is 18.2 Å². The van der Waals surface area contributed by atoms with Gasteiger partial charge in [0.1, 0.15) is 42.4 Å². The summed E-state index contributed by atoms with van der Waals surface area (Å²) >= 11 is 0. The second kappa shape index (κ2) is 8.58. The number of H-pyrrole nitrogens is 2. The van der Waals surface area contributed by atoms with Gasteiger partial charge in [-0.2, -0.15) is 0 Å². The number of nitrogens with zero attached hydrogens (tertiary/aromatic N) is 3. The molecule has 4 N–H and O–H groups in total. The third-order valence-corrected chi connectivity index (χ3v) is 5.65. The Labute approximate surface area is 194 Å². The first-order chi connectivity index (χ1) is 16.4. The number of aromatic nitrogens is 5. The van der Waals surface area contributed by atoms with Gasteiger partial charge in [0.25, 0.3) is 11.5 Å². The van der Waals surface area contributed by atoms with Crippen molar-refractivity contribution in [2.24, 2.45) is 13.0 Å². The van der Waals surface area contributed by atoms with Gasteiger partial charge in [0.05, 0.1) is 17.6 Å². The molecule has 0 aliphatic carbocycles. The SMILES string of the molecule is CC(C)[C@@H](Nc1ncnc2[nH]c(C(=O)Nc3cn(C)[nH]c3=O)cc12)c1ccc2c(c1)OCCO2. The van der Waals surface area contributed by atoms with E-state index in [-0.39, 0.29) is 28.9 Å². The first-order valence-corrected chi connectivity index (χ1v) is 11.0. The molecule has 1 atom stereocenters. The number of hydrogen-bond donors (Lipinski definition) is 4. The lowest BCUT2D eigenvalue weighted by Crippen LogP contribution is -2.19. The van der Waals surface area contributed by atoms with Gasteiger partial charge < -0.3 is 25.1 Å². The van der Waals surface area contributed by atoms with E-state index in [1.165, 1.54) is 17.2 Å². The fourth-order valence-corrected chi connectivity index (χ4v) is 4.00. The Balaban J connectivity index is 1.44. The van der Waals surface area contributed by atoms with E-state index in [4.69, 9.17) is 9.47 Å². The number of aryl methyl sites for hydroxylation is 1. The van der Waals surface area contributed by atoms with Crippen LogP contribution in [0.4, 0.5) is 11.5 Å². The van der Waals surface area contributed by atoms with E-state index in [1.54, 1.807) is 13.1 Å². The number of aromatic amines is 2. The zero-order valence-corrected chi connectivity index (χ0v) is 19.0. The van der Waals surface area contributed by atoms with E-state index in [0.29, 0.717) is 30.1 Å². The van der Waals surface area contributed by atoms with Crippen LogP contribution in [0.5, 0.6) is 11.5 Å². The molecule has 5 rings (SSSR count). The molecule has 1 aliphatic heterocycles. The molecule has 1 aliphatic rings. The van der Waals surface area contributed by atoms with Crippen LogP contribution < -0.4 is 25.7 Å². The van der Waals surface area contributed by atoms with Gasteiger partial charge in [0, 0.05) is 7.05 Å². The van der Waals surface area contributed by atoms with Crippen LogP contribution in [0, 0.1) is 5.92 Å². The molecule has 4 aromatic rings. The highest BCUT2D eigenvalue weighted by Gasteiger charge is 2.22. The van der Waals surface area contributed by atoms with E-state index in [9.17, 15) is 9.59 Å². The number of anilines is 2. The molecule has 0 radical (unpaired) electrons. The van der Waals surface area contributed by atoms with E-state index < -0.39 is 5.91 Å². The summed E-state index contributed by atoms with van der Waals surface area (Å²) in [5.41, 5.74) is 1.58. The van der Waals surface area contributed by atoms with Crippen molar-refractivity contribution in [2.75, 3.05) is 23.8 Å². The van der Waals surface area contributed by atoms with E-state index in [2.05, 4.69) is 44.5 Å². The normalized spacial score (nSPS) is 13.8. The number of rotatable bonds is 6. The number of nitrogens with one attached hydrogen (secondary N) is 4. The fourth-order valence-electron chi connectivity index (χ4n) is 4.00. The lowest BCUT2D eigenvalue weighted by atomic mass is 9.95. The summed E-state index contributed by atoms with van der Waals surface area (Å²) < 4.78 is 12.9. The van der Waals surface area contributed by atoms with Crippen LogP contribution in [0.1, 0.15) is 35.9 Å². The van der Waals surface area contributed by atoms with Gasteiger partial charge in [-0.25, -0.2) is 9.97 Å². The Morgan fingerprint density at radius 3 is 2.68 bits per heavy atom. The Morgan fingerprint density at radius 2 is 1.94 bits per heavy atom. The third kappa shape index (κ3) is 4.07. The smallest absolute Gasteiger partial charge is 0.287 e. The predicted octanol–water partition coefficient (Wildman–Crippen LogP) is 2.82. The molecule has 11 heteroatoms. The Kier molecular flexibility index (Phi) is 5.44. The summed E-state index contributed by atoms with van der Waals surface area (Å²) in [5.74, 6) is 1.82. The number of carbonyl (C=O) groups excluding carboxylic acids is 1. The highest BCUT2D eigenvalue weighted by atomic mass is 16.6. The minimum absolute atomic E-state index is 0.0796. The van der Waals surface area contributed by atoms with E-state index >= 15 is 0 Å². The van der Waals surface area contributed by atoms with Crippen LogP contribution in [0.25, 0.3) is 11.0 Å². The largest absolute Gasteiger partial charge is 0.486 e. The Morgan fingerprint density at radius 1 is 1.15 bits per heavy atom. The average Bonchev–Trinajstić information content (AvgIpc) is 3.39. The average molecular weight is 463 g/mol. The van der Waals surface area contributed by atoms with Crippen molar-refractivity contribution >= 4 is 28.4 Å². The van der Waals surface area contributed by atoms with Crippen molar-refractivity contribution in [3.63, 3.8) is 0 Å². The van der Waals surface area contributed by atoms with Crippen LogP contribution in [0.15, 0.2) is 41.6 Å². The van der Waals surface area contributed by atoms with Gasteiger partial charge >= 0.3 is 0 Å². The molecule has 11 nitrogen and oxygen atoms in total. The van der Waals surface area contributed by atoms with Gasteiger partial charge in [-0.1, -0.05) is 19.9 Å². The summed E-state index contributed by atoms with van der Waals surface area (Å²) in [5, 5.41) is 9.33. The quantitative estimate of drug-likeness (QED) is 0.345. The number of hydrogen-bond acceptors (Lipinski definition) is 7. The molecule has 0 saturated carbocycles. The lowest BCUT2D eigenvalue weighted by molar-refractivity contribution is 0.102.